The number of halogens is 1. The molecule has 37 heavy (non-hydrogen) atoms. The highest BCUT2D eigenvalue weighted by atomic mass is 19.1. The highest BCUT2D eigenvalue weighted by Gasteiger charge is 2.14. The van der Waals surface area contributed by atoms with Crippen LogP contribution in [0.2, 0.25) is 0 Å². The summed E-state index contributed by atoms with van der Waals surface area (Å²) in [5.41, 5.74) is 3.26. The van der Waals surface area contributed by atoms with Crippen LogP contribution in [0.5, 0.6) is 11.5 Å². The van der Waals surface area contributed by atoms with Gasteiger partial charge in [-0.05, 0) is 54.1 Å². The lowest BCUT2D eigenvalue weighted by Gasteiger charge is -2.10. The quantitative estimate of drug-likeness (QED) is 0.318. The van der Waals surface area contributed by atoms with Crippen molar-refractivity contribution >= 4 is 11.6 Å². The Morgan fingerprint density at radius 1 is 1.00 bits per heavy atom. The second-order valence-electron chi connectivity index (χ2n) is 8.11. The number of nitrogens with one attached hydrogen (secondary N) is 1. The van der Waals surface area contributed by atoms with E-state index in [2.05, 4.69) is 20.4 Å². The van der Waals surface area contributed by atoms with E-state index in [9.17, 15) is 9.18 Å². The first-order valence-corrected chi connectivity index (χ1v) is 11.3. The number of rotatable bonds is 8. The molecule has 0 aliphatic heterocycles. The fourth-order valence-electron chi connectivity index (χ4n) is 3.65. The monoisotopic (exact) mass is 499 g/mol. The number of hydrogen-bond donors (Lipinski definition) is 1. The van der Waals surface area contributed by atoms with Crippen LogP contribution in [0.3, 0.4) is 0 Å². The maximum absolute atomic E-state index is 13.1. The zero-order chi connectivity index (χ0) is 25.8. The van der Waals surface area contributed by atoms with Gasteiger partial charge in [-0.15, -0.1) is 0 Å². The number of carbonyl (C=O) groups excluding carboxylic acids is 1. The predicted octanol–water partition coefficient (Wildman–Crippen LogP) is 5.06. The van der Waals surface area contributed by atoms with Crippen LogP contribution in [0.4, 0.5) is 10.1 Å². The molecule has 0 unspecified atom stereocenters. The normalized spacial score (nSPS) is 10.8. The highest BCUT2D eigenvalue weighted by Crippen LogP contribution is 2.24. The van der Waals surface area contributed by atoms with Gasteiger partial charge in [-0.2, -0.15) is 4.98 Å². The van der Waals surface area contributed by atoms with Gasteiger partial charge in [-0.3, -0.25) is 4.79 Å². The lowest BCUT2D eigenvalue weighted by molar-refractivity contribution is 0.102. The average Bonchev–Trinajstić information content (AvgIpc) is 3.60. The third-order valence-electron chi connectivity index (χ3n) is 5.57. The predicted molar refractivity (Wildman–Crippen MR) is 134 cm³/mol. The molecule has 0 saturated heterocycles. The Morgan fingerprint density at radius 3 is 2.38 bits per heavy atom. The van der Waals surface area contributed by atoms with Crippen LogP contribution in [0.15, 0.2) is 83.8 Å². The highest BCUT2D eigenvalue weighted by molar-refractivity contribution is 6.04. The molecule has 0 fully saturated rings. The van der Waals surface area contributed by atoms with E-state index in [0.29, 0.717) is 46.4 Å². The maximum atomic E-state index is 13.1. The number of nitrogens with zero attached hydrogens (tertiary/aromatic N) is 4. The van der Waals surface area contributed by atoms with Gasteiger partial charge in [0.1, 0.15) is 23.0 Å². The number of amides is 1. The summed E-state index contributed by atoms with van der Waals surface area (Å²) in [4.78, 5) is 21.4. The van der Waals surface area contributed by atoms with Crippen LogP contribution in [-0.4, -0.2) is 39.8 Å². The summed E-state index contributed by atoms with van der Waals surface area (Å²) in [6, 6.07) is 18.3. The molecule has 1 amide bonds. The number of anilines is 1. The second-order valence-corrected chi connectivity index (χ2v) is 8.11. The summed E-state index contributed by atoms with van der Waals surface area (Å²) in [5, 5.41) is 6.83. The summed E-state index contributed by atoms with van der Waals surface area (Å²) >= 11 is 0. The minimum Gasteiger partial charge on any atom is -0.497 e. The smallest absolute Gasteiger partial charge is 0.278 e. The Bertz CT molecular complexity index is 1510. The molecule has 186 valence electrons. The molecule has 0 aliphatic carbocycles. The summed E-state index contributed by atoms with van der Waals surface area (Å²) < 4.78 is 30.8. The van der Waals surface area contributed by atoms with Crippen LogP contribution in [-0.2, 0) is 6.54 Å². The average molecular weight is 500 g/mol. The van der Waals surface area contributed by atoms with Gasteiger partial charge in [-0.25, -0.2) is 9.37 Å². The van der Waals surface area contributed by atoms with E-state index in [0.717, 1.165) is 5.56 Å². The Hall–Kier alpha value is -4.99. The third-order valence-corrected chi connectivity index (χ3v) is 5.57. The van der Waals surface area contributed by atoms with E-state index in [1.807, 2.05) is 28.8 Å². The minimum atomic E-state index is -0.334. The van der Waals surface area contributed by atoms with Crippen molar-refractivity contribution in [3.05, 3.63) is 96.2 Å². The fourth-order valence-corrected chi connectivity index (χ4v) is 3.65. The first-order chi connectivity index (χ1) is 18.0. The number of ether oxygens (including phenoxy) is 2. The van der Waals surface area contributed by atoms with Crippen molar-refractivity contribution in [3.8, 4) is 34.5 Å². The van der Waals surface area contributed by atoms with Crippen LogP contribution >= 0.6 is 0 Å². The Labute approximate surface area is 211 Å². The molecule has 0 atom stereocenters. The molecule has 5 rings (SSSR count). The van der Waals surface area contributed by atoms with Crippen molar-refractivity contribution in [3.63, 3.8) is 0 Å². The summed E-state index contributed by atoms with van der Waals surface area (Å²) in [7, 11) is 3.07. The molecule has 0 saturated carbocycles. The van der Waals surface area contributed by atoms with Crippen molar-refractivity contribution in [2.75, 3.05) is 19.5 Å². The van der Waals surface area contributed by atoms with Gasteiger partial charge in [-0.1, -0.05) is 17.3 Å². The Morgan fingerprint density at radius 2 is 1.70 bits per heavy atom. The van der Waals surface area contributed by atoms with Crippen molar-refractivity contribution in [1.82, 2.24) is 19.7 Å². The van der Waals surface area contributed by atoms with Gasteiger partial charge in [0.05, 0.1) is 20.5 Å². The number of aromatic nitrogens is 4. The lowest BCUT2D eigenvalue weighted by atomic mass is 10.1. The fraction of sp³-hybridized carbons (Fsp3) is 0.111. The van der Waals surface area contributed by atoms with Gasteiger partial charge >= 0.3 is 0 Å². The van der Waals surface area contributed by atoms with Crippen molar-refractivity contribution in [2.45, 2.75) is 6.54 Å². The van der Waals surface area contributed by atoms with Crippen molar-refractivity contribution in [2.24, 2.45) is 0 Å². The zero-order valence-electron chi connectivity index (χ0n) is 20.0. The van der Waals surface area contributed by atoms with Gasteiger partial charge < -0.3 is 23.9 Å². The number of benzene rings is 3. The van der Waals surface area contributed by atoms with E-state index in [1.54, 1.807) is 42.9 Å². The second kappa shape index (κ2) is 10.3. The van der Waals surface area contributed by atoms with E-state index < -0.39 is 0 Å². The van der Waals surface area contributed by atoms with E-state index >= 15 is 0 Å². The number of methoxy groups -OCH3 is 2. The standard InChI is InChI=1S/C27H22FN5O4/c1-35-22-11-19(12-23(13-22)36-2)26(34)30-21-9-3-17(4-10-21)14-33-15-24(29-16-33)27-31-25(32-37-27)18-5-7-20(28)8-6-18/h3-13,15-16H,14H2,1-2H3,(H,30,34). The molecule has 2 heterocycles. The molecule has 1 N–H and O–H groups in total. The Balaban J connectivity index is 1.23. The van der Waals surface area contributed by atoms with E-state index in [1.165, 1.54) is 26.4 Å². The minimum absolute atomic E-state index is 0.269. The van der Waals surface area contributed by atoms with E-state index in [4.69, 9.17) is 14.0 Å². The number of hydrogen-bond acceptors (Lipinski definition) is 7. The van der Waals surface area contributed by atoms with E-state index in [-0.39, 0.29) is 17.6 Å². The molecule has 0 spiro atoms. The first-order valence-electron chi connectivity index (χ1n) is 11.3. The number of imidazole rings is 1. The lowest BCUT2D eigenvalue weighted by Crippen LogP contribution is -2.12. The Kier molecular flexibility index (Phi) is 6.62. The van der Waals surface area contributed by atoms with Crippen LogP contribution < -0.4 is 14.8 Å². The molecule has 10 heteroatoms. The maximum Gasteiger partial charge on any atom is 0.278 e. The molecular formula is C27H22FN5O4. The molecule has 3 aromatic carbocycles. The van der Waals surface area contributed by atoms with Crippen LogP contribution in [0, 0.1) is 5.82 Å². The number of carbonyl (C=O) groups is 1. The third kappa shape index (κ3) is 5.48. The van der Waals surface area contributed by atoms with Crippen LogP contribution in [0.1, 0.15) is 15.9 Å². The summed E-state index contributed by atoms with van der Waals surface area (Å²) in [6.45, 7) is 0.549. The molecule has 0 aliphatic rings. The van der Waals surface area contributed by atoms with Crippen molar-refractivity contribution in [1.29, 1.82) is 0 Å². The molecule has 5 aromatic rings. The van der Waals surface area contributed by atoms with Gasteiger partial charge in [0.15, 0.2) is 0 Å². The van der Waals surface area contributed by atoms with Crippen molar-refractivity contribution < 1.29 is 23.2 Å². The molecule has 0 radical (unpaired) electrons. The topological polar surface area (TPSA) is 104 Å². The summed E-state index contributed by atoms with van der Waals surface area (Å²) in [5.74, 6) is 1.08. The molecule has 9 nitrogen and oxygen atoms in total. The zero-order valence-corrected chi connectivity index (χ0v) is 20.0. The molecular weight excluding hydrogens is 477 g/mol. The first kappa shape index (κ1) is 23.7. The largest absolute Gasteiger partial charge is 0.497 e. The van der Waals surface area contributed by atoms with Gasteiger partial charge in [0.25, 0.3) is 11.8 Å². The van der Waals surface area contributed by atoms with Gasteiger partial charge in [0.2, 0.25) is 5.82 Å². The van der Waals surface area contributed by atoms with Gasteiger partial charge in [0, 0.05) is 35.6 Å². The summed E-state index contributed by atoms with van der Waals surface area (Å²) in [6.07, 6.45) is 3.47. The molecule has 2 aromatic heterocycles. The van der Waals surface area contributed by atoms with Crippen LogP contribution in [0.25, 0.3) is 23.0 Å². The molecule has 0 bridgehead atoms. The SMILES string of the molecule is COc1cc(OC)cc(C(=O)Nc2ccc(Cn3cnc(-c4nc(-c5ccc(F)cc5)no4)c3)cc2)c1.